The van der Waals surface area contributed by atoms with Crippen LogP contribution in [0.3, 0.4) is 0 Å². The molecule has 6 N–H and O–H groups in total. The zero-order chi connectivity index (χ0) is 21.5. The molecule has 1 fully saturated rings. The molecular weight excluding hydrogens is 395 g/mol. The van der Waals surface area contributed by atoms with Crippen LogP contribution in [0, 0.1) is 0 Å². The quantitative estimate of drug-likeness (QED) is 0.335. The van der Waals surface area contributed by atoms with Crippen molar-refractivity contribution in [3.8, 4) is 0 Å². The molecule has 162 valence electrons. The maximum Gasteiger partial charge on any atom is 0.469 e. The average Bonchev–Trinajstić information content (AvgIpc) is 2.90. The van der Waals surface area contributed by atoms with E-state index in [4.69, 9.17) is 20.3 Å². The van der Waals surface area contributed by atoms with Crippen molar-refractivity contribution in [1.29, 1.82) is 0 Å². The summed E-state index contributed by atoms with van der Waals surface area (Å²) in [6.45, 7) is 9.47. The standard InChI is InChI=1S/C9H14N3O8P.C6H15N/c10-5-1-2-12(9(15)11-5)8-7(14)6(13)4(20-8)3-19-21(16,17)18;1-4-7(5-2)6-3/h1-2,4,6-8,13-14H,3H2,(H2,10,11,15)(H2,16,17,18);4-6H2,1-3H3/t4-,6-,7-,8-;/m1./s1. The van der Waals surface area contributed by atoms with Gasteiger partial charge in [-0.2, -0.15) is 4.98 Å². The number of anilines is 1. The summed E-state index contributed by atoms with van der Waals surface area (Å²) >= 11 is 0. The van der Waals surface area contributed by atoms with Crippen LogP contribution in [0.25, 0.3) is 0 Å². The summed E-state index contributed by atoms with van der Waals surface area (Å²) in [6, 6.07) is 1.29. The third-order valence-electron chi connectivity index (χ3n) is 4.21. The van der Waals surface area contributed by atoms with Crippen LogP contribution in [-0.2, 0) is 13.8 Å². The second kappa shape index (κ2) is 11.0. The van der Waals surface area contributed by atoms with Crippen molar-refractivity contribution in [3.05, 3.63) is 22.7 Å². The van der Waals surface area contributed by atoms with Gasteiger partial charge in [0.05, 0.1) is 6.61 Å². The number of aliphatic hydroxyl groups excluding tert-OH is 2. The topological polar surface area (TPSA) is 181 Å². The van der Waals surface area contributed by atoms with Gasteiger partial charge in [-0.3, -0.25) is 9.09 Å². The number of phosphoric ester groups is 1. The number of nitrogens with zero attached hydrogens (tertiary/aromatic N) is 3. The van der Waals surface area contributed by atoms with Crippen molar-refractivity contribution in [3.63, 3.8) is 0 Å². The molecule has 0 unspecified atom stereocenters. The van der Waals surface area contributed by atoms with E-state index >= 15 is 0 Å². The summed E-state index contributed by atoms with van der Waals surface area (Å²) in [6.07, 6.45) is -4.27. The van der Waals surface area contributed by atoms with E-state index in [0.29, 0.717) is 0 Å². The minimum absolute atomic E-state index is 0.0225. The summed E-state index contributed by atoms with van der Waals surface area (Å²) in [4.78, 5) is 34.7. The molecule has 28 heavy (non-hydrogen) atoms. The first-order valence-corrected chi connectivity index (χ1v) is 10.4. The zero-order valence-electron chi connectivity index (χ0n) is 16.1. The number of nitrogen functional groups attached to an aromatic ring is 1. The Balaban J connectivity index is 0.000000480. The second-order valence-corrected chi connectivity index (χ2v) is 7.23. The van der Waals surface area contributed by atoms with Crippen LogP contribution in [0.2, 0.25) is 0 Å². The van der Waals surface area contributed by atoms with E-state index in [1.165, 1.54) is 31.9 Å². The maximum absolute atomic E-state index is 11.6. The van der Waals surface area contributed by atoms with Gasteiger partial charge in [-0.15, -0.1) is 0 Å². The first-order chi connectivity index (χ1) is 13.0. The molecule has 0 bridgehead atoms. The minimum Gasteiger partial charge on any atom is -0.387 e. The van der Waals surface area contributed by atoms with Gasteiger partial charge in [0.1, 0.15) is 24.1 Å². The molecule has 0 aliphatic carbocycles. The first-order valence-electron chi connectivity index (χ1n) is 8.82. The zero-order valence-corrected chi connectivity index (χ0v) is 17.0. The lowest BCUT2D eigenvalue weighted by Crippen LogP contribution is -2.36. The van der Waals surface area contributed by atoms with Crippen LogP contribution in [0.15, 0.2) is 17.1 Å². The van der Waals surface area contributed by atoms with Gasteiger partial charge < -0.3 is 35.4 Å². The van der Waals surface area contributed by atoms with Crippen LogP contribution in [0.1, 0.15) is 27.0 Å². The average molecular weight is 424 g/mol. The van der Waals surface area contributed by atoms with Gasteiger partial charge >= 0.3 is 13.5 Å². The summed E-state index contributed by atoms with van der Waals surface area (Å²) in [5.41, 5.74) is 4.52. The Labute approximate surface area is 162 Å². The molecule has 0 spiro atoms. The number of aromatic nitrogens is 2. The lowest BCUT2D eigenvalue weighted by molar-refractivity contribution is -0.0542. The highest BCUT2D eigenvalue weighted by molar-refractivity contribution is 7.46. The van der Waals surface area contributed by atoms with Gasteiger partial charge in [0.25, 0.3) is 0 Å². The Bertz CT molecular complexity index is 702. The minimum atomic E-state index is -4.74. The predicted octanol–water partition coefficient (Wildman–Crippen LogP) is -1.10. The molecule has 0 saturated carbocycles. The van der Waals surface area contributed by atoms with E-state index < -0.39 is 44.7 Å². The molecule has 0 amide bonds. The molecule has 4 atom stereocenters. The van der Waals surface area contributed by atoms with E-state index in [9.17, 15) is 19.6 Å². The van der Waals surface area contributed by atoms with Gasteiger partial charge in [-0.1, -0.05) is 20.8 Å². The molecule has 2 heterocycles. The van der Waals surface area contributed by atoms with Crippen molar-refractivity contribution < 1.29 is 33.8 Å². The molecule has 1 aromatic rings. The van der Waals surface area contributed by atoms with Gasteiger partial charge in [0, 0.05) is 6.20 Å². The summed E-state index contributed by atoms with van der Waals surface area (Å²) in [7, 11) is -4.74. The number of ether oxygens (including phenoxy) is 1. The Hall–Kier alpha value is -1.37. The lowest BCUT2D eigenvalue weighted by atomic mass is 10.1. The number of hydrogen-bond acceptors (Lipinski definition) is 9. The molecule has 1 aliphatic heterocycles. The number of phosphoric acid groups is 1. The van der Waals surface area contributed by atoms with E-state index in [1.54, 1.807) is 0 Å². The number of rotatable bonds is 7. The molecule has 1 aliphatic rings. The highest BCUT2D eigenvalue weighted by Gasteiger charge is 2.44. The van der Waals surface area contributed by atoms with E-state index in [2.05, 4.69) is 35.2 Å². The Morgan fingerprint density at radius 1 is 1.25 bits per heavy atom. The van der Waals surface area contributed by atoms with Crippen LogP contribution < -0.4 is 11.4 Å². The van der Waals surface area contributed by atoms with Crippen molar-refractivity contribution in [2.24, 2.45) is 0 Å². The van der Waals surface area contributed by atoms with Gasteiger partial charge in [-0.05, 0) is 25.7 Å². The van der Waals surface area contributed by atoms with Crippen molar-refractivity contribution in [2.45, 2.75) is 45.3 Å². The van der Waals surface area contributed by atoms with Gasteiger partial charge in [0.2, 0.25) is 0 Å². The van der Waals surface area contributed by atoms with Gasteiger partial charge in [-0.25, -0.2) is 9.36 Å². The summed E-state index contributed by atoms with van der Waals surface area (Å²) in [5, 5.41) is 19.6. The number of hydrogen-bond donors (Lipinski definition) is 5. The predicted molar refractivity (Wildman–Crippen MR) is 100 cm³/mol. The number of aliphatic hydroxyl groups is 2. The molecule has 13 heteroatoms. The molecule has 1 aromatic heterocycles. The molecule has 0 radical (unpaired) electrons. The molecular formula is C15H29N4O8P. The Kier molecular flexibility index (Phi) is 9.67. The molecule has 2 rings (SSSR count). The van der Waals surface area contributed by atoms with Crippen molar-refractivity contribution >= 4 is 13.6 Å². The van der Waals surface area contributed by atoms with E-state index in [-0.39, 0.29) is 5.82 Å². The third-order valence-corrected chi connectivity index (χ3v) is 4.70. The fourth-order valence-electron chi connectivity index (χ4n) is 2.56. The lowest BCUT2D eigenvalue weighted by Gasteiger charge is -2.16. The fraction of sp³-hybridized carbons (Fsp3) is 0.733. The highest BCUT2D eigenvalue weighted by atomic mass is 31.2. The summed E-state index contributed by atoms with van der Waals surface area (Å²) < 4.78 is 20.9. The van der Waals surface area contributed by atoms with E-state index in [1.807, 2.05) is 0 Å². The summed E-state index contributed by atoms with van der Waals surface area (Å²) in [5.74, 6) is -0.0225. The second-order valence-electron chi connectivity index (χ2n) is 5.99. The van der Waals surface area contributed by atoms with Crippen LogP contribution in [0.5, 0.6) is 0 Å². The Morgan fingerprint density at radius 3 is 2.25 bits per heavy atom. The maximum atomic E-state index is 11.6. The largest absolute Gasteiger partial charge is 0.469 e. The van der Waals surface area contributed by atoms with E-state index in [0.717, 1.165) is 4.57 Å². The van der Waals surface area contributed by atoms with Crippen LogP contribution in [-0.4, -0.2) is 79.0 Å². The molecule has 1 saturated heterocycles. The number of nitrogens with two attached hydrogens (primary N) is 1. The van der Waals surface area contributed by atoms with Crippen LogP contribution >= 0.6 is 7.82 Å². The first kappa shape index (κ1) is 24.7. The highest BCUT2D eigenvalue weighted by Crippen LogP contribution is 2.38. The fourth-order valence-corrected chi connectivity index (χ4v) is 2.90. The monoisotopic (exact) mass is 424 g/mol. The van der Waals surface area contributed by atoms with Crippen molar-refractivity contribution in [2.75, 3.05) is 32.0 Å². The van der Waals surface area contributed by atoms with Crippen LogP contribution in [0.4, 0.5) is 5.82 Å². The molecule has 12 nitrogen and oxygen atoms in total. The third kappa shape index (κ3) is 7.22. The Morgan fingerprint density at radius 2 is 1.82 bits per heavy atom. The SMILES string of the molecule is CCN(CC)CC.Nc1ccn([C@@H]2O[C@H](COP(=O)(O)O)[C@@H](O)[C@H]2O)c(=O)n1. The smallest absolute Gasteiger partial charge is 0.387 e. The van der Waals surface area contributed by atoms with Gasteiger partial charge in [0.15, 0.2) is 6.23 Å². The normalized spacial score (nSPS) is 24.9. The molecule has 0 aromatic carbocycles. The van der Waals surface area contributed by atoms with Crippen molar-refractivity contribution in [1.82, 2.24) is 14.5 Å².